The number of hydrogen-bond donors (Lipinski definition) is 2. The van der Waals surface area contributed by atoms with Crippen LogP contribution >= 0.6 is 11.6 Å². The molecule has 0 bridgehead atoms. The fraction of sp³-hybridized carbons (Fsp3) is 0.615. The van der Waals surface area contributed by atoms with E-state index in [-0.39, 0.29) is 15.7 Å². The zero-order valence-electron chi connectivity index (χ0n) is 11.3. The van der Waals surface area contributed by atoms with Gasteiger partial charge in [0.15, 0.2) is 0 Å². The van der Waals surface area contributed by atoms with Gasteiger partial charge in [0.2, 0.25) is 10.0 Å². The summed E-state index contributed by atoms with van der Waals surface area (Å²) in [5.74, 6) is 0.902. The van der Waals surface area contributed by atoms with Crippen LogP contribution in [0.3, 0.4) is 0 Å². The van der Waals surface area contributed by atoms with Crippen LogP contribution in [0.1, 0.15) is 38.5 Å². The number of aromatic nitrogens is 1. The number of nitrogen functional groups attached to an aromatic ring is 1. The van der Waals surface area contributed by atoms with Crippen LogP contribution in [0.15, 0.2) is 17.2 Å². The molecule has 1 aliphatic carbocycles. The molecule has 20 heavy (non-hydrogen) atoms. The Morgan fingerprint density at radius 2 is 2.10 bits per heavy atom. The van der Waals surface area contributed by atoms with Crippen molar-refractivity contribution in [3.63, 3.8) is 0 Å². The Bertz CT molecular complexity index is 557. The predicted molar refractivity (Wildman–Crippen MR) is 80.0 cm³/mol. The third-order valence-electron chi connectivity index (χ3n) is 3.71. The molecule has 7 heteroatoms. The Morgan fingerprint density at radius 3 is 2.75 bits per heavy atom. The van der Waals surface area contributed by atoms with E-state index in [1.807, 2.05) is 0 Å². The molecule has 2 rings (SSSR count). The molecule has 1 fully saturated rings. The van der Waals surface area contributed by atoms with Crippen LogP contribution < -0.4 is 10.5 Å². The number of nitrogens with two attached hydrogens (primary N) is 1. The van der Waals surface area contributed by atoms with Crippen LogP contribution in [0.5, 0.6) is 0 Å². The highest BCUT2D eigenvalue weighted by Crippen LogP contribution is 2.28. The van der Waals surface area contributed by atoms with Gasteiger partial charge >= 0.3 is 0 Å². The summed E-state index contributed by atoms with van der Waals surface area (Å²) >= 11 is 5.79. The van der Waals surface area contributed by atoms with Gasteiger partial charge in [-0.2, -0.15) is 0 Å². The lowest BCUT2D eigenvalue weighted by Gasteiger charge is -2.10. The van der Waals surface area contributed by atoms with E-state index in [4.69, 9.17) is 17.3 Å². The van der Waals surface area contributed by atoms with Crippen LogP contribution in [0, 0.1) is 5.92 Å². The van der Waals surface area contributed by atoms with Crippen molar-refractivity contribution in [2.75, 3.05) is 12.3 Å². The predicted octanol–water partition coefficient (Wildman–Crippen LogP) is 2.57. The molecule has 0 spiro atoms. The number of nitrogens with one attached hydrogen (secondary N) is 1. The Morgan fingerprint density at radius 1 is 1.40 bits per heavy atom. The number of rotatable bonds is 6. The van der Waals surface area contributed by atoms with Crippen molar-refractivity contribution in [2.24, 2.45) is 5.92 Å². The first kappa shape index (κ1) is 15.5. The van der Waals surface area contributed by atoms with Crippen molar-refractivity contribution < 1.29 is 8.42 Å². The fourth-order valence-corrected chi connectivity index (χ4v) is 3.83. The molecule has 0 unspecified atom stereocenters. The second-order valence-corrected chi connectivity index (χ2v) is 7.40. The minimum Gasteiger partial charge on any atom is -0.382 e. The molecule has 0 saturated heterocycles. The second kappa shape index (κ2) is 6.74. The van der Waals surface area contributed by atoms with E-state index in [0.717, 1.165) is 18.8 Å². The summed E-state index contributed by atoms with van der Waals surface area (Å²) in [6, 6.07) is 1.32. The Labute approximate surface area is 125 Å². The van der Waals surface area contributed by atoms with Crippen molar-refractivity contribution in [3.8, 4) is 0 Å². The van der Waals surface area contributed by atoms with Crippen LogP contribution in [-0.4, -0.2) is 19.9 Å². The number of pyridine rings is 1. The van der Waals surface area contributed by atoms with Crippen LogP contribution in [0.2, 0.25) is 5.02 Å². The molecule has 3 N–H and O–H groups in total. The summed E-state index contributed by atoms with van der Waals surface area (Å²) in [6.07, 6.45) is 8.36. The molecule has 0 amide bonds. The van der Waals surface area contributed by atoms with E-state index < -0.39 is 10.0 Å². The molecule has 1 aromatic heterocycles. The lowest BCUT2D eigenvalue weighted by molar-refractivity contribution is 0.480. The topological polar surface area (TPSA) is 85.1 Å². The summed E-state index contributed by atoms with van der Waals surface area (Å²) in [5, 5.41) is 0.152. The van der Waals surface area contributed by atoms with Crippen LogP contribution in [-0.2, 0) is 10.0 Å². The molecule has 1 saturated carbocycles. The van der Waals surface area contributed by atoms with E-state index >= 15 is 0 Å². The molecule has 112 valence electrons. The first-order chi connectivity index (χ1) is 9.49. The highest BCUT2D eigenvalue weighted by atomic mass is 35.5. The highest BCUT2D eigenvalue weighted by molar-refractivity contribution is 7.89. The van der Waals surface area contributed by atoms with Gasteiger partial charge in [0.05, 0.1) is 5.02 Å². The molecular formula is C13H20ClN3O2S. The summed E-state index contributed by atoms with van der Waals surface area (Å²) in [4.78, 5) is 3.82. The first-order valence-electron chi connectivity index (χ1n) is 6.90. The summed E-state index contributed by atoms with van der Waals surface area (Å²) in [6.45, 7) is 0.445. The number of nitrogens with zero attached hydrogens (tertiary/aromatic N) is 1. The van der Waals surface area contributed by atoms with Gasteiger partial charge < -0.3 is 5.73 Å². The van der Waals surface area contributed by atoms with Crippen molar-refractivity contribution in [3.05, 3.63) is 17.3 Å². The van der Waals surface area contributed by atoms with Crippen LogP contribution in [0.4, 0.5) is 5.82 Å². The minimum atomic E-state index is -3.55. The summed E-state index contributed by atoms with van der Waals surface area (Å²) in [5.41, 5.74) is 5.47. The van der Waals surface area contributed by atoms with Gasteiger partial charge in [0, 0.05) is 12.7 Å². The Balaban J connectivity index is 1.85. The lowest BCUT2D eigenvalue weighted by atomic mass is 10.0. The fourth-order valence-electron chi connectivity index (χ4n) is 2.56. The van der Waals surface area contributed by atoms with Crippen LogP contribution in [0.25, 0.3) is 0 Å². The third-order valence-corrected chi connectivity index (χ3v) is 5.44. The number of hydrogen-bond acceptors (Lipinski definition) is 4. The normalized spacial score (nSPS) is 16.6. The SMILES string of the molecule is Nc1ncc(S(=O)(=O)NCCCC2CCCC2)cc1Cl. The van der Waals surface area contributed by atoms with E-state index in [1.165, 1.54) is 37.9 Å². The monoisotopic (exact) mass is 317 g/mol. The molecule has 0 aromatic carbocycles. The average Bonchev–Trinajstić information content (AvgIpc) is 2.91. The first-order valence-corrected chi connectivity index (χ1v) is 8.76. The van der Waals surface area contributed by atoms with Gasteiger partial charge in [-0.3, -0.25) is 0 Å². The smallest absolute Gasteiger partial charge is 0.242 e. The molecule has 0 radical (unpaired) electrons. The van der Waals surface area contributed by atoms with E-state index in [0.29, 0.717) is 6.54 Å². The minimum absolute atomic E-state index is 0.0533. The van der Waals surface area contributed by atoms with Gasteiger partial charge in [-0.25, -0.2) is 18.1 Å². The zero-order chi connectivity index (χ0) is 14.6. The Kier molecular flexibility index (Phi) is 5.23. The van der Waals surface area contributed by atoms with Gasteiger partial charge in [0.1, 0.15) is 10.7 Å². The summed E-state index contributed by atoms with van der Waals surface area (Å²) in [7, 11) is -3.55. The highest BCUT2D eigenvalue weighted by Gasteiger charge is 2.17. The molecule has 1 heterocycles. The maximum Gasteiger partial charge on any atom is 0.242 e. The van der Waals surface area contributed by atoms with Gasteiger partial charge in [-0.05, 0) is 24.8 Å². The number of halogens is 1. The molecule has 5 nitrogen and oxygen atoms in total. The van der Waals surface area contributed by atoms with Gasteiger partial charge in [-0.1, -0.05) is 37.3 Å². The van der Waals surface area contributed by atoms with Crippen molar-refractivity contribution >= 4 is 27.4 Å². The van der Waals surface area contributed by atoms with E-state index in [9.17, 15) is 8.42 Å². The Hall–Kier alpha value is -0.850. The lowest BCUT2D eigenvalue weighted by Crippen LogP contribution is -2.25. The van der Waals surface area contributed by atoms with Crippen molar-refractivity contribution in [1.29, 1.82) is 0 Å². The van der Waals surface area contributed by atoms with E-state index in [2.05, 4.69) is 9.71 Å². The largest absolute Gasteiger partial charge is 0.382 e. The molecule has 1 aliphatic rings. The van der Waals surface area contributed by atoms with Gasteiger partial charge in [0.25, 0.3) is 0 Å². The summed E-state index contributed by atoms with van der Waals surface area (Å²) < 4.78 is 26.7. The maximum absolute atomic E-state index is 12.0. The van der Waals surface area contributed by atoms with Crippen molar-refractivity contribution in [1.82, 2.24) is 9.71 Å². The van der Waals surface area contributed by atoms with Crippen molar-refractivity contribution in [2.45, 2.75) is 43.4 Å². The molecule has 0 aliphatic heterocycles. The standard InChI is InChI=1S/C13H20ClN3O2S/c14-12-8-11(9-16-13(12)15)20(18,19)17-7-3-6-10-4-1-2-5-10/h8-10,17H,1-7H2,(H2,15,16). The molecule has 1 aromatic rings. The second-order valence-electron chi connectivity index (χ2n) is 5.23. The average molecular weight is 318 g/mol. The molecular weight excluding hydrogens is 298 g/mol. The maximum atomic E-state index is 12.0. The van der Waals surface area contributed by atoms with Gasteiger partial charge in [-0.15, -0.1) is 0 Å². The molecule has 0 atom stereocenters. The quantitative estimate of drug-likeness (QED) is 0.790. The third kappa shape index (κ3) is 4.07. The number of sulfonamides is 1. The van der Waals surface area contributed by atoms with E-state index in [1.54, 1.807) is 0 Å². The number of anilines is 1. The zero-order valence-corrected chi connectivity index (χ0v) is 12.9.